The Kier molecular flexibility index (Phi) is 6.14. The molecule has 0 heterocycles. The first-order valence-corrected chi connectivity index (χ1v) is 8.22. The molecule has 0 saturated heterocycles. The molecule has 128 valence electrons. The van der Waals surface area contributed by atoms with E-state index in [0.29, 0.717) is 22.8 Å². The Morgan fingerprint density at radius 2 is 1.92 bits per heavy atom. The van der Waals surface area contributed by atoms with Crippen LogP contribution in [0.4, 0.5) is 18.9 Å². The van der Waals surface area contributed by atoms with Crippen molar-refractivity contribution in [3.05, 3.63) is 59.7 Å². The van der Waals surface area contributed by atoms with Gasteiger partial charge in [-0.25, -0.2) is 0 Å². The Labute approximate surface area is 142 Å². The van der Waals surface area contributed by atoms with E-state index in [-0.39, 0.29) is 11.7 Å². The molecule has 0 aliphatic carbocycles. The number of carbonyl (C=O) groups excluding carboxylic acids is 1. The molecule has 0 saturated carbocycles. The molecule has 0 unspecified atom stereocenters. The van der Waals surface area contributed by atoms with Gasteiger partial charge in [0.1, 0.15) is 5.75 Å². The van der Waals surface area contributed by atoms with Crippen LogP contribution in [0.5, 0.6) is 5.75 Å². The topological polar surface area (TPSA) is 38.3 Å². The largest absolute Gasteiger partial charge is 0.497 e. The van der Waals surface area contributed by atoms with Crippen LogP contribution in [0.25, 0.3) is 0 Å². The first-order chi connectivity index (χ1) is 11.4. The highest BCUT2D eigenvalue weighted by atomic mass is 32.2. The van der Waals surface area contributed by atoms with E-state index >= 15 is 0 Å². The molecule has 0 bridgehead atoms. The van der Waals surface area contributed by atoms with Crippen LogP contribution in [-0.2, 0) is 16.7 Å². The lowest BCUT2D eigenvalue weighted by atomic mass is 10.1. The first-order valence-electron chi connectivity index (χ1n) is 7.06. The summed E-state index contributed by atoms with van der Waals surface area (Å²) in [6.45, 7) is 0. The fraction of sp³-hybridized carbons (Fsp3) is 0.235. The molecular formula is C17H16F3NO2S. The van der Waals surface area contributed by atoms with Crippen LogP contribution in [0, 0.1) is 0 Å². The SMILES string of the molecule is COc1cccc(NC(=O)CSCc2cccc(C(F)(F)F)c2)c1. The molecule has 0 spiro atoms. The third-order valence-electron chi connectivity index (χ3n) is 3.11. The van der Waals surface area contributed by atoms with Crippen LogP contribution in [0.3, 0.4) is 0 Å². The minimum Gasteiger partial charge on any atom is -0.497 e. The second-order valence-corrected chi connectivity index (χ2v) is 5.96. The van der Waals surface area contributed by atoms with Crippen LogP contribution in [0.2, 0.25) is 0 Å². The van der Waals surface area contributed by atoms with Crippen LogP contribution < -0.4 is 10.1 Å². The van der Waals surface area contributed by atoms with Crippen LogP contribution in [0.1, 0.15) is 11.1 Å². The quantitative estimate of drug-likeness (QED) is 0.824. The number of thioether (sulfide) groups is 1. The molecule has 2 aromatic carbocycles. The second kappa shape index (κ2) is 8.10. The summed E-state index contributed by atoms with van der Waals surface area (Å²) in [6, 6.07) is 12.1. The highest BCUT2D eigenvalue weighted by molar-refractivity contribution is 7.99. The van der Waals surface area contributed by atoms with Crippen molar-refractivity contribution < 1.29 is 22.7 Å². The van der Waals surface area contributed by atoms with E-state index in [4.69, 9.17) is 4.74 Å². The minimum atomic E-state index is -4.36. The van der Waals surface area contributed by atoms with E-state index in [0.717, 1.165) is 12.1 Å². The van der Waals surface area contributed by atoms with Gasteiger partial charge in [-0.05, 0) is 23.8 Å². The number of amides is 1. The van der Waals surface area contributed by atoms with E-state index in [9.17, 15) is 18.0 Å². The van der Waals surface area contributed by atoms with E-state index in [2.05, 4.69) is 5.32 Å². The fourth-order valence-corrected chi connectivity index (χ4v) is 2.77. The number of anilines is 1. The molecule has 3 nitrogen and oxygen atoms in total. The van der Waals surface area contributed by atoms with Crippen LogP contribution >= 0.6 is 11.8 Å². The van der Waals surface area contributed by atoms with Gasteiger partial charge in [0.25, 0.3) is 0 Å². The van der Waals surface area contributed by atoms with Gasteiger partial charge < -0.3 is 10.1 Å². The van der Waals surface area contributed by atoms with Crippen molar-refractivity contribution in [2.45, 2.75) is 11.9 Å². The summed E-state index contributed by atoms with van der Waals surface area (Å²) in [6.07, 6.45) is -4.36. The third-order valence-corrected chi connectivity index (χ3v) is 4.11. The summed E-state index contributed by atoms with van der Waals surface area (Å²) >= 11 is 1.25. The van der Waals surface area contributed by atoms with Gasteiger partial charge >= 0.3 is 6.18 Å². The molecule has 0 aliphatic heterocycles. The lowest BCUT2D eigenvalue weighted by Crippen LogP contribution is -2.14. The Morgan fingerprint density at radius 1 is 1.17 bits per heavy atom. The van der Waals surface area contributed by atoms with E-state index in [1.54, 1.807) is 30.3 Å². The lowest BCUT2D eigenvalue weighted by molar-refractivity contribution is -0.137. The fourth-order valence-electron chi connectivity index (χ4n) is 2.00. The summed E-state index contributed by atoms with van der Waals surface area (Å²) in [5, 5.41) is 2.72. The zero-order chi connectivity index (χ0) is 17.6. The smallest absolute Gasteiger partial charge is 0.416 e. The number of alkyl halides is 3. The number of carbonyl (C=O) groups is 1. The van der Waals surface area contributed by atoms with Crippen molar-refractivity contribution in [2.24, 2.45) is 0 Å². The zero-order valence-electron chi connectivity index (χ0n) is 12.9. The van der Waals surface area contributed by atoms with Gasteiger partial charge in [-0.3, -0.25) is 4.79 Å². The zero-order valence-corrected chi connectivity index (χ0v) is 13.7. The third kappa shape index (κ3) is 5.49. The predicted molar refractivity (Wildman–Crippen MR) is 89.2 cm³/mol. The van der Waals surface area contributed by atoms with Gasteiger partial charge in [0.15, 0.2) is 0 Å². The van der Waals surface area contributed by atoms with Gasteiger partial charge in [-0.1, -0.05) is 24.3 Å². The average molecular weight is 355 g/mol. The highest BCUT2D eigenvalue weighted by Gasteiger charge is 2.30. The summed E-state index contributed by atoms with van der Waals surface area (Å²) in [4.78, 5) is 11.9. The molecule has 0 radical (unpaired) electrons. The van der Waals surface area contributed by atoms with E-state index < -0.39 is 11.7 Å². The molecule has 2 rings (SSSR count). The number of rotatable bonds is 6. The number of hydrogen-bond donors (Lipinski definition) is 1. The number of benzene rings is 2. The maximum absolute atomic E-state index is 12.6. The summed E-state index contributed by atoms with van der Waals surface area (Å²) in [5.41, 5.74) is 0.462. The number of ether oxygens (including phenoxy) is 1. The molecule has 1 N–H and O–H groups in total. The first kappa shape index (κ1) is 18.2. The van der Waals surface area contributed by atoms with Gasteiger partial charge in [-0.15, -0.1) is 11.8 Å². The molecule has 0 fully saturated rings. The van der Waals surface area contributed by atoms with Crippen molar-refractivity contribution in [1.82, 2.24) is 0 Å². The van der Waals surface area contributed by atoms with Crippen molar-refractivity contribution in [3.63, 3.8) is 0 Å². The Balaban J connectivity index is 1.84. The van der Waals surface area contributed by atoms with Crippen molar-refractivity contribution in [3.8, 4) is 5.75 Å². The Hall–Kier alpha value is -2.15. The monoisotopic (exact) mass is 355 g/mol. The summed E-state index contributed by atoms with van der Waals surface area (Å²) in [7, 11) is 1.53. The van der Waals surface area contributed by atoms with Gasteiger partial charge in [0.05, 0.1) is 18.4 Å². The van der Waals surface area contributed by atoms with Crippen molar-refractivity contribution >= 4 is 23.4 Å². The molecule has 24 heavy (non-hydrogen) atoms. The van der Waals surface area contributed by atoms with Crippen molar-refractivity contribution in [1.29, 1.82) is 0 Å². The Bertz CT molecular complexity index is 704. The molecule has 1 amide bonds. The predicted octanol–water partition coefficient (Wildman–Crippen LogP) is 4.59. The maximum atomic E-state index is 12.6. The standard InChI is InChI=1S/C17H16F3NO2S/c1-23-15-7-3-6-14(9-15)21-16(22)11-24-10-12-4-2-5-13(8-12)17(18,19)20/h2-9H,10-11H2,1H3,(H,21,22). The highest BCUT2D eigenvalue weighted by Crippen LogP contribution is 2.30. The van der Waals surface area contributed by atoms with Gasteiger partial charge in [-0.2, -0.15) is 13.2 Å². The molecule has 0 atom stereocenters. The average Bonchev–Trinajstić information content (AvgIpc) is 2.54. The molecular weight excluding hydrogens is 339 g/mol. The lowest BCUT2D eigenvalue weighted by Gasteiger charge is -2.09. The van der Waals surface area contributed by atoms with E-state index in [1.807, 2.05) is 0 Å². The number of methoxy groups -OCH3 is 1. The Morgan fingerprint density at radius 3 is 2.62 bits per heavy atom. The number of hydrogen-bond acceptors (Lipinski definition) is 3. The van der Waals surface area contributed by atoms with E-state index in [1.165, 1.54) is 24.9 Å². The molecule has 0 aliphatic rings. The molecule has 7 heteroatoms. The summed E-state index contributed by atoms with van der Waals surface area (Å²) in [5.74, 6) is 0.882. The minimum absolute atomic E-state index is 0.146. The number of halogens is 3. The van der Waals surface area contributed by atoms with Gasteiger partial charge in [0.2, 0.25) is 5.91 Å². The maximum Gasteiger partial charge on any atom is 0.416 e. The van der Waals surface area contributed by atoms with Crippen LogP contribution in [0.15, 0.2) is 48.5 Å². The van der Waals surface area contributed by atoms with Gasteiger partial charge in [0, 0.05) is 17.5 Å². The summed E-state index contributed by atoms with van der Waals surface area (Å²) < 4.78 is 43.0. The molecule has 2 aromatic rings. The van der Waals surface area contributed by atoms with Crippen molar-refractivity contribution in [2.75, 3.05) is 18.2 Å². The van der Waals surface area contributed by atoms with Crippen LogP contribution in [-0.4, -0.2) is 18.8 Å². The second-order valence-electron chi connectivity index (χ2n) is 4.97. The normalized spacial score (nSPS) is 11.2. The number of nitrogens with one attached hydrogen (secondary N) is 1. The molecule has 0 aromatic heterocycles.